The van der Waals surface area contributed by atoms with Gasteiger partial charge in [0.1, 0.15) is 5.75 Å². The summed E-state index contributed by atoms with van der Waals surface area (Å²) in [5.74, 6) is 0.926. The maximum absolute atomic E-state index is 9.98. The van der Waals surface area contributed by atoms with Crippen molar-refractivity contribution in [2.24, 2.45) is 0 Å². The Morgan fingerprint density at radius 2 is 1.91 bits per heavy atom. The van der Waals surface area contributed by atoms with E-state index in [1.807, 2.05) is 25.1 Å². The first-order valence-corrected chi connectivity index (χ1v) is 8.22. The first-order valence-electron chi connectivity index (χ1n) is 8.22. The highest BCUT2D eigenvalue weighted by Gasteiger charge is 2.19. The van der Waals surface area contributed by atoms with E-state index in [1.165, 1.54) is 5.69 Å². The molecule has 0 amide bonds. The molecule has 22 heavy (non-hydrogen) atoms. The number of aliphatic hydroxyl groups excluding tert-OH is 1. The zero-order valence-electron chi connectivity index (χ0n) is 13.6. The molecule has 1 aromatic carbocycles. The Labute approximate surface area is 134 Å². The zero-order chi connectivity index (χ0) is 15.8. The lowest BCUT2D eigenvalue weighted by molar-refractivity contribution is 0.103. The molecule has 0 spiro atoms. The number of hydrogen-bond donors (Lipinski definition) is 1. The first-order chi connectivity index (χ1) is 10.7. The van der Waals surface area contributed by atoms with E-state index in [-0.39, 0.29) is 6.10 Å². The molecule has 122 valence electrons. The van der Waals surface area contributed by atoms with E-state index < -0.39 is 0 Å². The molecular weight excluding hydrogens is 276 g/mol. The standard InChI is InChI=1S/C18H28N2O2/c1-3-5-6-17(21)15-19-11-13-20(14-12-19)16-7-9-18(10-8-16)22-4-2/h3,7-10,17,21H,1,4-6,11-15H2,2H3. The van der Waals surface area contributed by atoms with Crippen molar-refractivity contribution in [2.45, 2.75) is 25.9 Å². The van der Waals surface area contributed by atoms with Crippen molar-refractivity contribution in [3.8, 4) is 5.75 Å². The summed E-state index contributed by atoms with van der Waals surface area (Å²) in [6, 6.07) is 8.31. The van der Waals surface area contributed by atoms with Gasteiger partial charge in [-0.3, -0.25) is 4.90 Å². The number of piperazine rings is 1. The second-order valence-electron chi connectivity index (χ2n) is 5.73. The van der Waals surface area contributed by atoms with Gasteiger partial charge in [-0.15, -0.1) is 6.58 Å². The van der Waals surface area contributed by atoms with Crippen LogP contribution in [0.15, 0.2) is 36.9 Å². The third kappa shape index (κ3) is 5.04. The summed E-state index contributed by atoms with van der Waals surface area (Å²) >= 11 is 0. The molecule has 1 saturated heterocycles. The highest BCUT2D eigenvalue weighted by atomic mass is 16.5. The average Bonchev–Trinajstić information content (AvgIpc) is 2.55. The second-order valence-corrected chi connectivity index (χ2v) is 5.73. The van der Waals surface area contributed by atoms with E-state index in [4.69, 9.17) is 4.74 Å². The van der Waals surface area contributed by atoms with Crippen LogP contribution in [0.25, 0.3) is 0 Å². The van der Waals surface area contributed by atoms with E-state index in [2.05, 4.69) is 28.5 Å². The molecular formula is C18H28N2O2. The number of allylic oxidation sites excluding steroid dienone is 1. The molecule has 1 N–H and O–H groups in total. The van der Waals surface area contributed by atoms with E-state index in [1.54, 1.807) is 0 Å². The Balaban J connectivity index is 1.77. The Morgan fingerprint density at radius 1 is 1.23 bits per heavy atom. The summed E-state index contributed by atoms with van der Waals surface area (Å²) < 4.78 is 5.48. The molecule has 1 unspecified atom stereocenters. The van der Waals surface area contributed by atoms with Crippen molar-refractivity contribution in [2.75, 3.05) is 44.2 Å². The molecule has 1 fully saturated rings. The molecule has 0 saturated carbocycles. The topological polar surface area (TPSA) is 35.9 Å². The number of anilines is 1. The molecule has 1 aliphatic heterocycles. The van der Waals surface area contributed by atoms with Gasteiger partial charge in [-0.1, -0.05) is 6.08 Å². The molecule has 0 aromatic heterocycles. The highest BCUT2D eigenvalue weighted by Crippen LogP contribution is 2.21. The molecule has 1 aromatic rings. The van der Waals surface area contributed by atoms with Gasteiger partial charge < -0.3 is 14.7 Å². The van der Waals surface area contributed by atoms with Crippen LogP contribution in [-0.4, -0.2) is 55.4 Å². The first kappa shape index (κ1) is 16.8. The Bertz CT molecular complexity index is 439. The van der Waals surface area contributed by atoms with Crippen molar-refractivity contribution in [1.82, 2.24) is 4.90 Å². The van der Waals surface area contributed by atoms with Crippen LogP contribution >= 0.6 is 0 Å². The monoisotopic (exact) mass is 304 g/mol. The van der Waals surface area contributed by atoms with Crippen LogP contribution in [0.1, 0.15) is 19.8 Å². The molecule has 0 bridgehead atoms. The van der Waals surface area contributed by atoms with Gasteiger partial charge in [-0.25, -0.2) is 0 Å². The van der Waals surface area contributed by atoms with E-state index in [0.29, 0.717) is 6.61 Å². The summed E-state index contributed by atoms with van der Waals surface area (Å²) in [4.78, 5) is 4.74. The summed E-state index contributed by atoms with van der Waals surface area (Å²) in [5, 5.41) is 9.98. The van der Waals surface area contributed by atoms with Crippen LogP contribution < -0.4 is 9.64 Å². The predicted molar refractivity (Wildman–Crippen MR) is 91.7 cm³/mol. The van der Waals surface area contributed by atoms with Crippen molar-refractivity contribution >= 4 is 5.69 Å². The van der Waals surface area contributed by atoms with Gasteiger partial charge in [0.25, 0.3) is 0 Å². The summed E-state index contributed by atoms with van der Waals surface area (Å²) in [6.45, 7) is 11.2. The van der Waals surface area contributed by atoms with Gasteiger partial charge in [0.15, 0.2) is 0 Å². The minimum Gasteiger partial charge on any atom is -0.494 e. The van der Waals surface area contributed by atoms with Gasteiger partial charge in [-0.2, -0.15) is 0 Å². The molecule has 0 aliphatic carbocycles. The fourth-order valence-electron chi connectivity index (χ4n) is 2.81. The lowest BCUT2D eigenvalue weighted by atomic mass is 10.1. The Morgan fingerprint density at radius 3 is 2.50 bits per heavy atom. The maximum Gasteiger partial charge on any atom is 0.119 e. The number of rotatable bonds is 8. The van der Waals surface area contributed by atoms with E-state index in [0.717, 1.165) is 51.3 Å². The van der Waals surface area contributed by atoms with Crippen LogP contribution in [0.5, 0.6) is 5.75 Å². The minimum atomic E-state index is -0.241. The van der Waals surface area contributed by atoms with E-state index >= 15 is 0 Å². The maximum atomic E-state index is 9.98. The van der Waals surface area contributed by atoms with Crippen LogP contribution in [-0.2, 0) is 0 Å². The quantitative estimate of drug-likeness (QED) is 0.749. The SMILES string of the molecule is C=CCCC(O)CN1CCN(c2ccc(OCC)cc2)CC1. The van der Waals surface area contributed by atoms with Crippen LogP contribution in [0.3, 0.4) is 0 Å². The molecule has 2 rings (SSSR count). The fraction of sp³-hybridized carbons (Fsp3) is 0.556. The summed E-state index contributed by atoms with van der Waals surface area (Å²) in [6.07, 6.45) is 3.32. The van der Waals surface area contributed by atoms with Crippen molar-refractivity contribution < 1.29 is 9.84 Å². The minimum absolute atomic E-state index is 0.241. The Hall–Kier alpha value is -1.52. The lowest BCUT2D eigenvalue weighted by Crippen LogP contribution is -2.48. The molecule has 4 heteroatoms. The molecule has 0 radical (unpaired) electrons. The van der Waals surface area contributed by atoms with Gasteiger partial charge >= 0.3 is 0 Å². The second kappa shape index (κ2) is 8.81. The molecule has 4 nitrogen and oxygen atoms in total. The van der Waals surface area contributed by atoms with Crippen LogP contribution in [0.2, 0.25) is 0 Å². The molecule has 1 aliphatic rings. The normalized spacial score (nSPS) is 17.3. The van der Waals surface area contributed by atoms with Crippen LogP contribution in [0.4, 0.5) is 5.69 Å². The van der Waals surface area contributed by atoms with Crippen LogP contribution in [0, 0.1) is 0 Å². The van der Waals surface area contributed by atoms with Gasteiger partial charge in [0.2, 0.25) is 0 Å². The number of nitrogens with zero attached hydrogens (tertiary/aromatic N) is 2. The fourth-order valence-corrected chi connectivity index (χ4v) is 2.81. The van der Waals surface area contributed by atoms with E-state index in [9.17, 15) is 5.11 Å². The third-order valence-electron chi connectivity index (χ3n) is 4.06. The largest absolute Gasteiger partial charge is 0.494 e. The van der Waals surface area contributed by atoms with Gasteiger partial charge in [-0.05, 0) is 44.0 Å². The lowest BCUT2D eigenvalue weighted by Gasteiger charge is -2.37. The number of benzene rings is 1. The zero-order valence-corrected chi connectivity index (χ0v) is 13.6. The Kier molecular flexibility index (Phi) is 6.74. The summed E-state index contributed by atoms with van der Waals surface area (Å²) in [5.41, 5.74) is 1.25. The number of β-amino-alcohol motifs (C(OH)–C–C–N with tert-alkyl or cyclic N) is 1. The average molecular weight is 304 g/mol. The van der Waals surface area contributed by atoms with Crippen molar-refractivity contribution in [3.63, 3.8) is 0 Å². The molecule has 1 atom stereocenters. The molecule has 1 heterocycles. The van der Waals surface area contributed by atoms with Crippen molar-refractivity contribution in [1.29, 1.82) is 0 Å². The highest BCUT2D eigenvalue weighted by molar-refractivity contribution is 5.49. The smallest absolute Gasteiger partial charge is 0.119 e. The third-order valence-corrected chi connectivity index (χ3v) is 4.06. The van der Waals surface area contributed by atoms with Gasteiger partial charge in [0.05, 0.1) is 12.7 Å². The predicted octanol–water partition coefficient (Wildman–Crippen LogP) is 2.53. The van der Waals surface area contributed by atoms with Gasteiger partial charge in [0, 0.05) is 38.4 Å². The number of hydrogen-bond acceptors (Lipinski definition) is 4. The summed E-state index contributed by atoms with van der Waals surface area (Å²) in [7, 11) is 0. The number of ether oxygens (including phenoxy) is 1. The van der Waals surface area contributed by atoms with Crippen molar-refractivity contribution in [3.05, 3.63) is 36.9 Å². The number of aliphatic hydroxyl groups is 1.